The van der Waals surface area contributed by atoms with Crippen molar-refractivity contribution >= 4 is 21.6 Å². The highest BCUT2D eigenvalue weighted by molar-refractivity contribution is 7.89. The van der Waals surface area contributed by atoms with Crippen LogP contribution >= 0.6 is 0 Å². The lowest BCUT2D eigenvalue weighted by atomic mass is 10.2. The molecule has 21 heavy (non-hydrogen) atoms. The number of carbonyl (C=O) groups is 1. The first-order chi connectivity index (χ1) is 10.0. The summed E-state index contributed by atoms with van der Waals surface area (Å²) in [6.45, 7) is 1.44. The quantitative estimate of drug-likeness (QED) is 0.743. The van der Waals surface area contributed by atoms with E-state index in [-0.39, 0.29) is 17.2 Å². The van der Waals surface area contributed by atoms with E-state index >= 15 is 0 Å². The van der Waals surface area contributed by atoms with Crippen LogP contribution in [0.4, 0.5) is 5.69 Å². The van der Waals surface area contributed by atoms with Gasteiger partial charge in [0.1, 0.15) is 0 Å². The standard InChI is InChI=1S/C14H19N3O3S/c18-14-9-10-8-12(3-4-13(10)17-14)21(19,20)16-7-5-11-2-1-6-15-11/h3-4,8,11,15-16H,1-2,5-7,9H2,(H,17,18)/t11-/m0/s1. The Kier molecular flexibility index (Phi) is 3.97. The first-order valence-corrected chi connectivity index (χ1v) is 8.69. The second kappa shape index (κ2) is 5.75. The molecular weight excluding hydrogens is 290 g/mol. The van der Waals surface area contributed by atoms with Crippen molar-refractivity contribution in [3.63, 3.8) is 0 Å². The van der Waals surface area contributed by atoms with Crippen LogP contribution in [0.2, 0.25) is 0 Å². The van der Waals surface area contributed by atoms with Gasteiger partial charge < -0.3 is 10.6 Å². The summed E-state index contributed by atoms with van der Waals surface area (Å²) >= 11 is 0. The molecule has 0 aliphatic carbocycles. The van der Waals surface area contributed by atoms with Gasteiger partial charge in [0.15, 0.2) is 0 Å². The van der Waals surface area contributed by atoms with Gasteiger partial charge in [-0.15, -0.1) is 0 Å². The molecule has 1 atom stereocenters. The van der Waals surface area contributed by atoms with E-state index in [9.17, 15) is 13.2 Å². The molecule has 0 saturated carbocycles. The highest BCUT2D eigenvalue weighted by Crippen LogP contribution is 2.25. The van der Waals surface area contributed by atoms with Crippen LogP contribution in [-0.4, -0.2) is 33.5 Å². The third-order valence-electron chi connectivity index (χ3n) is 3.96. The SMILES string of the molecule is O=C1Cc2cc(S(=O)(=O)NCC[C@@H]3CCCN3)ccc2N1. The third kappa shape index (κ3) is 3.25. The number of rotatable bonds is 5. The lowest BCUT2D eigenvalue weighted by Crippen LogP contribution is -2.30. The summed E-state index contributed by atoms with van der Waals surface area (Å²) in [6.07, 6.45) is 3.30. The summed E-state index contributed by atoms with van der Waals surface area (Å²) in [5.41, 5.74) is 1.44. The molecule has 1 amide bonds. The molecular formula is C14H19N3O3S. The number of benzene rings is 1. The number of nitrogens with one attached hydrogen (secondary N) is 3. The molecule has 0 radical (unpaired) electrons. The number of hydrogen-bond acceptors (Lipinski definition) is 4. The zero-order valence-corrected chi connectivity index (χ0v) is 12.5. The molecule has 114 valence electrons. The van der Waals surface area contributed by atoms with Gasteiger partial charge in [0.05, 0.1) is 11.3 Å². The molecule has 0 aromatic heterocycles. The van der Waals surface area contributed by atoms with Crippen molar-refractivity contribution in [3.8, 4) is 0 Å². The minimum absolute atomic E-state index is 0.0974. The number of anilines is 1. The maximum Gasteiger partial charge on any atom is 0.240 e. The maximum absolute atomic E-state index is 12.3. The molecule has 3 rings (SSSR count). The molecule has 1 saturated heterocycles. The predicted molar refractivity (Wildman–Crippen MR) is 79.6 cm³/mol. The third-order valence-corrected chi connectivity index (χ3v) is 5.42. The van der Waals surface area contributed by atoms with Crippen LogP contribution in [0.3, 0.4) is 0 Å². The summed E-state index contributed by atoms with van der Waals surface area (Å²) in [4.78, 5) is 11.5. The maximum atomic E-state index is 12.3. The summed E-state index contributed by atoms with van der Waals surface area (Å²) in [5, 5.41) is 6.03. The number of fused-ring (bicyclic) bond motifs is 1. The van der Waals surface area contributed by atoms with E-state index in [1.165, 1.54) is 6.07 Å². The normalized spacial score (nSPS) is 21.3. The molecule has 2 aliphatic heterocycles. The lowest BCUT2D eigenvalue weighted by molar-refractivity contribution is -0.115. The van der Waals surface area contributed by atoms with Crippen molar-refractivity contribution in [1.29, 1.82) is 0 Å². The highest BCUT2D eigenvalue weighted by Gasteiger charge is 2.22. The number of carbonyl (C=O) groups excluding carboxylic acids is 1. The largest absolute Gasteiger partial charge is 0.326 e. The van der Waals surface area contributed by atoms with Gasteiger partial charge in [-0.1, -0.05) is 0 Å². The Morgan fingerprint density at radius 1 is 1.33 bits per heavy atom. The van der Waals surface area contributed by atoms with Crippen molar-refractivity contribution in [1.82, 2.24) is 10.0 Å². The Morgan fingerprint density at radius 3 is 2.95 bits per heavy atom. The van der Waals surface area contributed by atoms with Gasteiger partial charge in [-0.05, 0) is 49.6 Å². The molecule has 0 unspecified atom stereocenters. The monoisotopic (exact) mass is 309 g/mol. The molecule has 0 spiro atoms. The second-order valence-corrected chi connectivity index (χ2v) is 7.29. The summed E-state index contributed by atoms with van der Waals surface area (Å²) in [6, 6.07) is 5.16. The van der Waals surface area contributed by atoms with Crippen molar-refractivity contribution in [2.24, 2.45) is 0 Å². The minimum atomic E-state index is -3.51. The van der Waals surface area contributed by atoms with Gasteiger partial charge in [-0.25, -0.2) is 13.1 Å². The van der Waals surface area contributed by atoms with Crippen molar-refractivity contribution in [2.75, 3.05) is 18.4 Å². The zero-order valence-electron chi connectivity index (χ0n) is 11.7. The van der Waals surface area contributed by atoms with Crippen molar-refractivity contribution in [3.05, 3.63) is 23.8 Å². The molecule has 3 N–H and O–H groups in total. The van der Waals surface area contributed by atoms with Crippen molar-refractivity contribution < 1.29 is 13.2 Å². The Morgan fingerprint density at radius 2 is 2.19 bits per heavy atom. The van der Waals surface area contributed by atoms with Gasteiger partial charge in [0, 0.05) is 18.3 Å². The fraction of sp³-hybridized carbons (Fsp3) is 0.500. The van der Waals surface area contributed by atoms with E-state index in [0.717, 1.165) is 31.4 Å². The molecule has 6 nitrogen and oxygen atoms in total. The van der Waals surface area contributed by atoms with Crippen LogP contribution in [0.5, 0.6) is 0 Å². The van der Waals surface area contributed by atoms with Gasteiger partial charge in [-0.2, -0.15) is 0 Å². The number of hydrogen-bond donors (Lipinski definition) is 3. The van der Waals surface area contributed by atoms with E-state index in [0.29, 0.717) is 18.3 Å². The first-order valence-electron chi connectivity index (χ1n) is 7.20. The minimum Gasteiger partial charge on any atom is -0.326 e. The number of sulfonamides is 1. The summed E-state index contributed by atoms with van der Waals surface area (Å²) < 4.78 is 27.1. The van der Waals surface area contributed by atoms with Crippen LogP contribution in [0.1, 0.15) is 24.8 Å². The fourth-order valence-corrected chi connectivity index (χ4v) is 3.92. The van der Waals surface area contributed by atoms with Gasteiger partial charge in [0.25, 0.3) is 0 Å². The predicted octanol–water partition coefficient (Wildman–Crippen LogP) is 0.602. The average Bonchev–Trinajstić information content (AvgIpc) is 3.05. The first kappa shape index (κ1) is 14.5. The van der Waals surface area contributed by atoms with Crippen LogP contribution < -0.4 is 15.4 Å². The second-order valence-electron chi connectivity index (χ2n) is 5.52. The zero-order chi connectivity index (χ0) is 14.9. The van der Waals surface area contributed by atoms with Crippen molar-refractivity contribution in [2.45, 2.75) is 36.6 Å². The van der Waals surface area contributed by atoms with E-state index < -0.39 is 10.0 Å². The van der Waals surface area contributed by atoms with Crippen LogP contribution in [0.25, 0.3) is 0 Å². The molecule has 1 aromatic carbocycles. The fourth-order valence-electron chi connectivity index (χ4n) is 2.83. The van der Waals surface area contributed by atoms with E-state index in [1.54, 1.807) is 12.1 Å². The van der Waals surface area contributed by atoms with E-state index in [1.807, 2.05) is 0 Å². The molecule has 7 heteroatoms. The summed E-state index contributed by atoms with van der Waals surface area (Å²) in [7, 11) is -3.51. The van der Waals surface area contributed by atoms with Crippen LogP contribution in [0, 0.1) is 0 Å². The lowest BCUT2D eigenvalue weighted by Gasteiger charge is -2.11. The summed E-state index contributed by atoms with van der Waals surface area (Å²) in [5.74, 6) is -0.0974. The smallest absolute Gasteiger partial charge is 0.240 e. The van der Waals surface area contributed by atoms with Gasteiger partial charge >= 0.3 is 0 Å². The van der Waals surface area contributed by atoms with Crippen LogP contribution in [-0.2, 0) is 21.2 Å². The Balaban J connectivity index is 1.64. The highest BCUT2D eigenvalue weighted by atomic mass is 32.2. The molecule has 1 fully saturated rings. The Bertz CT molecular complexity index is 651. The average molecular weight is 309 g/mol. The Hall–Kier alpha value is -1.44. The van der Waals surface area contributed by atoms with E-state index in [2.05, 4.69) is 15.4 Å². The number of amides is 1. The van der Waals surface area contributed by atoms with Gasteiger partial charge in [-0.3, -0.25) is 4.79 Å². The van der Waals surface area contributed by atoms with Crippen LogP contribution in [0.15, 0.2) is 23.1 Å². The molecule has 0 bridgehead atoms. The van der Waals surface area contributed by atoms with E-state index in [4.69, 9.17) is 0 Å². The molecule has 2 heterocycles. The topological polar surface area (TPSA) is 87.3 Å². The van der Waals surface area contributed by atoms with Gasteiger partial charge in [0.2, 0.25) is 15.9 Å². The Labute approximate surface area is 124 Å². The molecule has 2 aliphatic rings. The molecule has 1 aromatic rings.